The number of alkyl halides is 4. The molecule has 9 rings (SSSR count). The van der Waals surface area contributed by atoms with Crippen LogP contribution in [0.3, 0.4) is 0 Å². The van der Waals surface area contributed by atoms with E-state index >= 15 is 17.6 Å². The molecule has 3 N–H and O–H groups in total. The fourth-order valence-electron chi connectivity index (χ4n) is 9.26. The maximum Gasteiger partial charge on any atom is 0.418 e. The van der Waals surface area contributed by atoms with Crippen LogP contribution in [-0.2, 0) is 30.5 Å². The first-order valence-corrected chi connectivity index (χ1v) is 21.4. The van der Waals surface area contributed by atoms with Crippen molar-refractivity contribution in [2.45, 2.75) is 63.7 Å². The summed E-state index contributed by atoms with van der Waals surface area (Å²) in [4.78, 5) is 19.0. The highest BCUT2D eigenvalue weighted by Gasteiger charge is 2.50. The maximum absolute atomic E-state index is 17.9. The Labute approximate surface area is 376 Å². The molecule has 0 spiro atoms. The fraction of sp³-hybridized carbons (Fsp3) is 0.340. The van der Waals surface area contributed by atoms with Crippen LogP contribution in [0.2, 0.25) is 5.02 Å². The van der Waals surface area contributed by atoms with Crippen molar-refractivity contribution in [2.24, 2.45) is 4.99 Å². The predicted octanol–water partition coefficient (Wildman–Crippen LogP) is 7.60. The Kier molecular flexibility index (Phi) is 11.9. The number of fused-ring (bicyclic) bond motifs is 1. The number of aromatic nitrogens is 2. The van der Waals surface area contributed by atoms with Gasteiger partial charge in [-0.2, -0.15) is 13.2 Å². The molecule has 3 aromatic carbocycles. The standard InChI is InChI=1S/C47H46ClF5N8O4/c1-27-18-34(59(20-28-7-11-32(62-2)12-8-28)21-29-9-13-33(63-3)14-10-29)58-41(38(27)47(51,52)53)36-39(48)42-37-43(40(36)50)65-35(64-25-46-15-5-17-61(46)23-31(49)19-46)24-60(45(37)57-26-56-42)22-30-6-4-16-55-44(30)54/h4,6-14,16,18,24,31,57H,5,15,17,19-23,25-26H2,1-3H3,(H2,54,55)/t31-,46+/m1/s1. The highest BCUT2D eigenvalue weighted by molar-refractivity contribution is 6.33. The number of hydrogen-bond acceptors (Lipinski definition) is 12. The zero-order valence-electron chi connectivity index (χ0n) is 35.8. The van der Waals surface area contributed by atoms with Crippen molar-refractivity contribution in [3.63, 3.8) is 0 Å². The third-order valence-corrected chi connectivity index (χ3v) is 12.8. The Morgan fingerprint density at radius 2 is 1.72 bits per heavy atom. The highest BCUT2D eigenvalue weighted by Crippen LogP contribution is 2.45. The number of nitrogens with one attached hydrogen (secondary N) is 1. The lowest BCUT2D eigenvalue weighted by Gasteiger charge is -2.31. The quantitative estimate of drug-likeness (QED) is 0.114. The molecular weight excluding hydrogens is 871 g/mol. The van der Waals surface area contributed by atoms with Gasteiger partial charge in [-0.1, -0.05) is 41.9 Å². The molecule has 2 saturated heterocycles. The third-order valence-electron chi connectivity index (χ3n) is 12.4. The largest absolute Gasteiger partial charge is 0.497 e. The molecule has 4 aliphatic heterocycles. The van der Waals surface area contributed by atoms with E-state index in [1.165, 1.54) is 19.2 Å². The van der Waals surface area contributed by atoms with Crippen molar-refractivity contribution >= 4 is 29.1 Å². The van der Waals surface area contributed by atoms with Crippen molar-refractivity contribution in [1.29, 1.82) is 0 Å². The van der Waals surface area contributed by atoms with Gasteiger partial charge in [-0.25, -0.2) is 18.7 Å². The van der Waals surface area contributed by atoms with Gasteiger partial charge in [-0.15, -0.1) is 0 Å². The predicted molar refractivity (Wildman–Crippen MR) is 234 cm³/mol. The molecule has 12 nitrogen and oxygen atoms in total. The summed E-state index contributed by atoms with van der Waals surface area (Å²) in [7, 11) is 3.10. The monoisotopic (exact) mass is 916 g/mol. The number of nitrogen functional groups attached to an aromatic ring is 1. The average molecular weight is 917 g/mol. The van der Waals surface area contributed by atoms with E-state index in [9.17, 15) is 4.39 Å². The van der Waals surface area contributed by atoms with Crippen molar-refractivity contribution < 1.29 is 40.9 Å². The second kappa shape index (κ2) is 17.6. The van der Waals surface area contributed by atoms with Gasteiger partial charge in [-0.3, -0.25) is 9.89 Å². The van der Waals surface area contributed by atoms with E-state index in [1.54, 1.807) is 66.6 Å². The SMILES string of the molecule is COc1ccc(CN(Cc2ccc(OC)cc2)c2cc(C)c(C(F)(F)F)c(-c3c(F)c4c5c(c3Cl)=NCNC=5N(Cc3cccnc3N)C=C(OC[C@@]35CCCN3C[C@H](F)C5)O4)n2)cc1. The van der Waals surface area contributed by atoms with E-state index < -0.39 is 51.3 Å². The molecule has 0 bridgehead atoms. The van der Waals surface area contributed by atoms with Gasteiger partial charge in [-0.05, 0) is 79.4 Å². The molecule has 5 aromatic rings. The van der Waals surface area contributed by atoms with E-state index in [2.05, 4.69) is 25.2 Å². The zero-order chi connectivity index (χ0) is 45.6. The normalized spacial score (nSPS) is 19.0. The Bertz CT molecular complexity index is 2730. The first-order valence-electron chi connectivity index (χ1n) is 21.1. The smallest absolute Gasteiger partial charge is 0.418 e. The summed E-state index contributed by atoms with van der Waals surface area (Å²) in [6.07, 6.45) is -1.22. The maximum atomic E-state index is 17.9. The van der Waals surface area contributed by atoms with Gasteiger partial charge in [0.1, 0.15) is 48.4 Å². The van der Waals surface area contributed by atoms with Crippen LogP contribution in [0.5, 0.6) is 17.2 Å². The number of halogens is 6. The minimum Gasteiger partial charge on any atom is -0.497 e. The van der Waals surface area contributed by atoms with Crippen LogP contribution in [-0.4, -0.2) is 72.1 Å². The van der Waals surface area contributed by atoms with Gasteiger partial charge >= 0.3 is 12.1 Å². The van der Waals surface area contributed by atoms with E-state index in [1.807, 2.05) is 24.3 Å². The first-order chi connectivity index (χ1) is 31.2. The summed E-state index contributed by atoms with van der Waals surface area (Å²) in [5.74, 6) is -0.00125. The Morgan fingerprint density at radius 1 is 1.03 bits per heavy atom. The molecule has 0 unspecified atom stereocenters. The summed E-state index contributed by atoms with van der Waals surface area (Å²) in [5.41, 5.74) is 5.07. The molecule has 4 aliphatic rings. The van der Waals surface area contributed by atoms with Crippen LogP contribution >= 0.6 is 11.6 Å². The van der Waals surface area contributed by atoms with Crippen LogP contribution in [0.25, 0.3) is 17.1 Å². The summed E-state index contributed by atoms with van der Waals surface area (Å²) >= 11 is 7.14. The zero-order valence-corrected chi connectivity index (χ0v) is 36.6. The minimum atomic E-state index is -5.00. The number of aryl methyl sites for hydroxylation is 1. The van der Waals surface area contributed by atoms with Gasteiger partial charge < -0.3 is 39.8 Å². The van der Waals surface area contributed by atoms with Crippen LogP contribution < -0.4 is 40.7 Å². The van der Waals surface area contributed by atoms with Crippen molar-refractivity contribution in [3.8, 4) is 28.5 Å². The number of ether oxygens (including phenoxy) is 4. The average Bonchev–Trinajstić information content (AvgIpc) is 3.76. The topological polar surface area (TPSA) is 123 Å². The van der Waals surface area contributed by atoms with Crippen molar-refractivity contribution in [3.05, 3.63) is 134 Å². The van der Waals surface area contributed by atoms with Gasteiger partial charge in [0.2, 0.25) is 0 Å². The number of rotatable bonds is 13. The minimum absolute atomic E-state index is 0.0127. The lowest BCUT2D eigenvalue weighted by molar-refractivity contribution is -0.137. The van der Waals surface area contributed by atoms with E-state index in [-0.39, 0.29) is 85.4 Å². The molecule has 0 radical (unpaired) electrons. The van der Waals surface area contributed by atoms with Crippen molar-refractivity contribution in [2.75, 3.05) is 51.2 Å². The molecular formula is C47H46ClF5N8O4. The van der Waals surface area contributed by atoms with Crippen molar-refractivity contribution in [1.82, 2.24) is 25.1 Å². The van der Waals surface area contributed by atoms with Crippen LogP contribution in [0.15, 0.2) is 90.1 Å². The van der Waals surface area contributed by atoms with Gasteiger partial charge in [0, 0.05) is 37.8 Å². The number of nitrogens with zero attached hydrogens (tertiary/aromatic N) is 6. The molecule has 0 aliphatic carbocycles. The molecule has 2 atom stereocenters. The van der Waals surface area contributed by atoms with Gasteiger partial charge in [0.15, 0.2) is 11.6 Å². The molecule has 65 heavy (non-hydrogen) atoms. The molecule has 0 saturated carbocycles. The summed E-state index contributed by atoms with van der Waals surface area (Å²) in [5, 5.41) is 2.81. The third kappa shape index (κ3) is 8.54. The molecule has 0 amide bonds. The number of hydrogen-bond donors (Lipinski definition) is 2. The molecule has 6 heterocycles. The number of nitrogens with two attached hydrogens (primary N) is 1. The lowest BCUT2D eigenvalue weighted by Crippen LogP contribution is -2.44. The van der Waals surface area contributed by atoms with E-state index in [0.29, 0.717) is 30.0 Å². The second-order valence-electron chi connectivity index (χ2n) is 16.6. The van der Waals surface area contributed by atoms with Crippen LogP contribution in [0.1, 0.15) is 47.1 Å². The van der Waals surface area contributed by atoms with Gasteiger partial charge in [0.25, 0.3) is 0 Å². The Hall–Kier alpha value is -6.33. The van der Waals surface area contributed by atoms with Crippen LogP contribution in [0.4, 0.5) is 33.6 Å². The number of benzene rings is 3. The number of anilines is 2. The van der Waals surface area contributed by atoms with Gasteiger partial charge in [0.05, 0.1) is 64.9 Å². The molecule has 2 fully saturated rings. The highest BCUT2D eigenvalue weighted by atomic mass is 35.5. The summed E-state index contributed by atoms with van der Waals surface area (Å²) in [6, 6.07) is 19.3. The lowest BCUT2D eigenvalue weighted by atomic mass is 9.95. The molecule has 2 aromatic heterocycles. The molecule has 340 valence electrons. The summed E-state index contributed by atoms with van der Waals surface area (Å²) < 4.78 is 103. The first kappa shape index (κ1) is 43.9. The number of pyridine rings is 2. The van der Waals surface area contributed by atoms with Crippen LogP contribution in [0, 0.1) is 12.7 Å². The van der Waals surface area contributed by atoms with E-state index in [4.69, 9.17) is 36.3 Å². The Balaban J connectivity index is 1.21. The molecule has 18 heteroatoms. The second-order valence-corrected chi connectivity index (χ2v) is 16.9. The number of methoxy groups -OCH3 is 2. The van der Waals surface area contributed by atoms with E-state index in [0.717, 1.165) is 17.5 Å². The fourth-order valence-corrected chi connectivity index (χ4v) is 9.59. The Morgan fingerprint density at radius 3 is 2.37 bits per heavy atom. The summed E-state index contributed by atoms with van der Waals surface area (Å²) in [6.45, 7) is 2.69.